The molecule has 0 heterocycles. The minimum Gasteiger partial charge on any atom is -0.392 e. The predicted molar refractivity (Wildman–Crippen MR) is 93.5 cm³/mol. The van der Waals surface area contributed by atoms with Gasteiger partial charge < -0.3 is 5.11 Å². The first-order valence-electron chi connectivity index (χ1n) is 9.69. The van der Waals surface area contributed by atoms with Crippen molar-refractivity contribution in [3.8, 4) is 0 Å². The Bertz CT molecular complexity index is 673. The molecule has 4 rings (SSSR count). The number of aliphatic hydroxyl groups is 1. The minimum absolute atomic E-state index is 0.00318. The molecule has 0 aromatic carbocycles. The molecule has 138 valence electrons. The van der Waals surface area contributed by atoms with E-state index in [0.29, 0.717) is 12.3 Å². The number of hydrogen-bond acceptors (Lipinski definition) is 4. The molecular weight excluding hydrogens is 318 g/mol. The van der Waals surface area contributed by atoms with E-state index in [1.165, 1.54) is 5.57 Å². The van der Waals surface area contributed by atoms with Gasteiger partial charge in [0.1, 0.15) is 0 Å². The number of carbonyl (C=O) groups excluding carboxylic acids is 1. The molecule has 5 heteroatoms. The first-order chi connectivity index (χ1) is 11.6. The fraction of sp³-hybridized carbons (Fsp3) is 0.850. The molecule has 7 atom stereocenters. The van der Waals surface area contributed by atoms with Crippen LogP contribution in [0.15, 0.2) is 11.6 Å². The van der Waals surface area contributed by atoms with Crippen LogP contribution in [0.3, 0.4) is 0 Å². The normalized spacial score (nSPS) is 52.0. The van der Waals surface area contributed by atoms with Crippen LogP contribution in [0.2, 0.25) is 0 Å². The second-order valence-corrected chi connectivity index (χ2v) is 9.72. The second kappa shape index (κ2) is 5.15. The van der Waals surface area contributed by atoms with Crippen LogP contribution in [0.4, 0.5) is 0 Å². The molecular formula is C20H29NO4. The molecule has 0 aromatic rings. The van der Waals surface area contributed by atoms with Crippen LogP contribution >= 0.6 is 0 Å². The molecule has 0 radical (unpaired) electrons. The summed E-state index contributed by atoms with van der Waals surface area (Å²) >= 11 is 0. The fourth-order valence-corrected chi connectivity index (χ4v) is 7.28. The maximum absolute atomic E-state index is 12.0. The fourth-order valence-electron chi connectivity index (χ4n) is 7.28. The number of nitrogens with zero attached hydrogens (tertiary/aromatic N) is 1. The van der Waals surface area contributed by atoms with E-state index in [1.54, 1.807) is 6.92 Å². The molecule has 0 aliphatic heterocycles. The third kappa shape index (κ3) is 2.08. The Morgan fingerprint density at radius 2 is 1.92 bits per heavy atom. The van der Waals surface area contributed by atoms with E-state index in [9.17, 15) is 20.0 Å². The minimum atomic E-state index is -1.04. The summed E-state index contributed by atoms with van der Waals surface area (Å²) in [6.07, 6.45) is 6.65. The van der Waals surface area contributed by atoms with Crippen LogP contribution in [0, 0.1) is 38.7 Å². The average molecular weight is 347 g/mol. The van der Waals surface area contributed by atoms with Gasteiger partial charge in [0, 0.05) is 36.0 Å². The van der Waals surface area contributed by atoms with Crippen LogP contribution < -0.4 is 0 Å². The van der Waals surface area contributed by atoms with Gasteiger partial charge in [-0.25, -0.2) is 0 Å². The lowest BCUT2D eigenvalue weighted by Crippen LogP contribution is -2.56. The van der Waals surface area contributed by atoms with Crippen LogP contribution in [-0.4, -0.2) is 27.5 Å². The van der Waals surface area contributed by atoms with Gasteiger partial charge in [0.15, 0.2) is 5.78 Å². The summed E-state index contributed by atoms with van der Waals surface area (Å²) in [4.78, 5) is 23.8. The number of allylic oxidation sites excluding steroid dienone is 1. The molecule has 1 unspecified atom stereocenters. The number of carbonyl (C=O) groups is 1. The summed E-state index contributed by atoms with van der Waals surface area (Å²) in [6, 6.07) is 0. The highest BCUT2D eigenvalue weighted by molar-refractivity contribution is 5.91. The molecule has 0 spiro atoms. The maximum Gasteiger partial charge on any atom is 0.225 e. The Hall–Kier alpha value is -1.23. The quantitative estimate of drug-likeness (QED) is 0.581. The molecule has 0 bridgehead atoms. The van der Waals surface area contributed by atoms with Crippen molar-refractivity contribution in [2.24, 2.45) is 28.6 Å². The highest BCUT2D eigenvalue weighted by atomic mass is 16.6. The van der Waals surface area contributed by atoms with E-state index in [1.807, 2.05) is 6.08 Å². The summed E-state index contributed by atoms with van der Waals surface area (Å²) in [5.41, 5.74) is -0.122. The van der Waals surface area contributed by atoms with Gasteiger partial charge in [0.25, 0.3) is 0 Å². The van der Waals surface area contributed by atoms with Crippen LogP contribution in [0.1, 0.15) is 65.7 Å². The van der Waals surface area contributed by atoms with Crippen LogP contribution in [-0.2, 0) is 4.79 Å². The number of fused-ring (bicyclic) bond motifs is 5. The zero-order chi connectivity index (χ0) is 18.2. The van der Waals surface area contributed by atoms with Gasteiger partial charge in [0.05, 0.1) is 6.10 Å². The Kier molecular flexibility index (Phi) is 3.54. The van der Waals surface area contributed by atoms with Crippen molar-refractivity contribution in [3.63, 3.8) is 0 Å². The number of nitro groups is 1. The number of aliphatic hydroxyl groups excluding tert-OH is 1. The lowest BCUT2D eigenvalue weighted by molar-refractivity contribution is -0.578. The molecule has 0 amide bonds. The highest BCUT2D eigenvalue weighted by Gasteiger charge is 2.70. The van der Waals surface area contributed by atoms with Gasteiger partial charge in [0.2, 0.25) is 5.54 Å². The SMILES string of the molecule is CC1([N+](=O)[O-])C[C@H](O)[C@@]2(C)CC[C@H]3[C@@H](CCC4=CC(=O)CC[C@@]43C)[C@H]12. The van der Waals surface area contributed by atoms with Gasteiger partial charge in [-0.1, -0.05) is 19.4 Å². The summed E-state index contributed by atoms with van der Waals surface area (Å²) in [5.74, 6) is 0.808. The molecule has 5 nitrogen and oxygen atoms in total. The van der Waals surface area contributed by atoms with E-state index < -0.39 is 11.6 Å². The van der Waals surface area contributed by atoms with Crippen molar-refractivity contribution in [2.45, 2.75) is 77.4 Å². The Morgan fingerprint density at radius 1 is 1.20 bits per heavy atom. The molecule has 3 saturated carbocycles. The Morgan fingerprint density at radius 3 is 2.60 bits per heavy atom. The van der Waals surface area contributed by atoms with E-state index in [-0.39, 0.29) is 39.8 Å². The molecule has 25 heavy (non-hydrogen) atoms. The smallest absolute Gasteiger partial charge is 0.225 e. The van der Waals surface area contributed by atoms with Crippen molar-refractivity contribution in [3.05, 3.63) is 21.8 Å². The Labute approximate surface area is 149 Å². The van der Waals surface area contributed by atoms with E-state index in [2.05, 4.69) is 13.8 Å². The Balaban J connectivity index is 1.78. The number of ketones is 1. The monoisotopic (exact) mass is 347 g/mol. The molecule has 3 fully saturated rings. The largest absolute Gasteiger partial charge is 0.392 e. The van der Waals surface area contributed by atoms with Gasteiger partial charge in [-0.2, -0.15) is 0 Å². The summed E-state index contributed by atoms with van der Waals surface area (Å²) in [5, 5.41) is 22.7. The highest BCUT2D eigenvalue weighted by Crippen LogP contribution is 2.67. The molecule has 0 saturated heterocycles. The number of hydrogen-bond donors (Lipinski definition) is 1. The molecule has 4 aliphatic rings. The first kappa shape index (κ1) is 17.2. The summed E-state index contributed by atoms with van der Waals surface area (Å²) in [6.45, 7) is 6.11. The maximum atomic E-state index is 12.0. The standard InChI is InChI=1S/C20H29NO4/c1-18-8-6-13(22)10-12(18)4-5-14-15(18)7-9-19(2)16(23)11-20(3,17(14)19)21(24)25/h10,14-17,23H,4-9,11H2,1-3H3/t14-,15+,16+,17+,18+,19-,20?/m1/s1. The van der Waals surface area contributed by atoms with Crippen molar-refractivity contribution >= 4 is 5.78 Å². The zero-order valence-electron chi connectivity index (χ0n) is 15.5. The van der Waals surface area contributed by atoms with Crippen molar-refractivity contribution in [1.29, 1.82) is 0 Å². The molecule has 4 aliphatic carbocycles. The van der Waals surface area contributed by atoms with Crippen molar-refractivity contribution < 1.29 is 14.8 Å². The van der Waals surface area contributed by atoms with Gasteiger partial charge in [-0.3, -0.25) is 14.9 Å². The third-order valence-electron chi connectivity index (χ3n) is 8.63. The predicted octanol–water partition coefficient (Wildman–Crippen LogP) is 3.52. The van der Waals surface area contributed by atoms with Crippen LogP contribution in [0.5, 0.6) is 0 Å². The number of rotatable bonds is 1. The third-order valence-corrected chi connectivity index (χ3v) is 8.63. The zero-order valence-corrected chi connectivity index (χ0v) is 15.5. The second-order valence-electron chi connectivity index (χ2n) is 9.72. The van der Waals surface area contributed by atoms with Crippen LogP contribution in [0.25, 0.3) is 0 Å². The lowest BCUT2D eigenvalue weighted by Gasteiger charge is -2.58. The van der Waals surface area contributed by atoms with E-state index in [0.717, 1.165) is 32.1 Å². The van der Waals surface area contributed by atoms with Crippen molar-refractivity contribution in [2.75, 3.05) is 0 Å². The van der Waals surface area contributed by atoms with Gasteiger partial charge in [-0.15, -0.1) is 0 Å². The van der Waals surface area contributed by atoms with Gasteiger partial charge >= 0.3 is 0 Å². The van der Waals surface area contributed by atoms with E-state index in [4.69, 9.17) is 0 Å². The van der Waals surface area contributed by atoms with Gasteiger partial charge in [-0.05, 0) is 55.4 Å². The summed E-state index contributed by atoms with van der Waals surface area (Å²) < 4.78 is 0. The molecule has 1 N–H and O–H groups in total. The summed E-state index contributed by atoms with van der Waals surface area (Å²) in [7, 11) is 0. The molecule has 0 aromatic heterocycles. The average Bonchev–Trinajstić information content (AvgIpc) is 2.76. The first-order valence-corrected chi connectivity index (χ1v) is 9.69. The van der Waals surface area contributed by atoms with Crippen molar-refractivity contribution in [1.82, 2.24) is 0 Å². The van der Waals surface area contributed by atoms with E-state index >= 15 is 0 Å². The lowest BCUT2D eigenvalue weighted by atomic mass is 9.46. The topological polar surface area (TPSA) is 80.4 Å².